The highest BCUT2D eigenvalue weighted by atomic mass is 35.5. The molecule has 0 aliphatic heterocycles. The highest BCUT2D eigenvalue weighted by Gasteiger charge is 2.18. The third kappa shape index (κ3) is 3.65. The zero-order valence-corrected chi connectivity index (χ0v) is 12.3. The summed E-state index contributed by atoms with van der Waals surface area (Å²) in [6.07, 6.45) is -0.237. The molecule has 0 saturated heterocycles. The fraction of sp³-hybridized carbons (Fsp3) is 0.250. The molecule has 3 nitrogen and oxygen atoms in total. The van der Waals surface area contributed by atoms with E-state index in [-0.39, 0.29) is 12.1 Å². The van der Waals surface area contributed by atoms with Crippen LogP contribution in [-0.4, -0.2) is 13.2 Å². The quantitative estimate of drug-likeness (QED) is 0.911. The van der Waals surface area contributed by atoms with Gasteiger partial charge in [0.2, 0.25) is 0 Å². The Hall–Kier alpha value is -1.71. The van der Waals surface area contributed by atoms with Gasteiger partial charge in [-0.05, 0) is 42.8 Å². The molecule has 106 valence electrons. The van der Waals surface area contributed by atoms with Crippen LogP contribution >= 0.6 is 11.6 Å². The summed E-state index contributed by atoms with van der Waals surface area (Å²) in [6.45, 7) is 1.92. The summed E-state index contributed by atoms with van der Waals surface area (Å²) in [5.41, 5.74) is 7.04. The predicted molar refractivity (Wildman–Crippen MR) is 81.5 cm³/mol. The number of ether oxygens (including phenoxy) is 2. The van der Waals surface area contributed by atoms with E-state index in [2.05, 4.69) is 0 Å². The van der Waals surface area contributed by atoms with Crippen molar-refractivity contribution in [3.63, 3.8) is 0 Å². The van der Waals surface area contributed by atoms with E-state index in [9.17, 15) is 0 Å². The molecule has 2 rings (SSSR count). The van der Waals surface area contributed by atoms with E-state index < -0.39 is 0 Å². The highest BCUT2D eigenvalue weighted by Crippen LogP contribution is 2.27. The summed E-state index contributed by atoms with van der Waals surface area (Å²) in [6, 6.07) is 14.9. The van der Waals surface area contributed by atoms with E-state index in [1.54, 1.807) is 13.2 Å². The molecule has 0 radical (unpaired) electrons. The van der Waals surface area contributed by atoms with Crippen LogP contribution in [-0.2, 0) is 0 Å². The van der Waals surface area contributed by atoms with E-state index in [0.29, 0.717) is 10.8 Å². The van der Waals surface area contributed by atoms with Crippen LogP contribution in [0, 0.1) is 0 Å². The van der Waals surface area contributed by atoms with Gasteiger partial charge in [-0.15, -0.1) is 0 Å². The van der Waals surface area contributed by atoms with Gasteiger partial charge in [-0.1, -0.05) is 29.8 Å². The van der Waals surface area contributed by atoms with Crippen LogP contribution in [0.3, 0.4) is 0 Å². The maximum absolute atomic E-state index is 6.04. The first-order valence-corrected chi connectivity index (χ1v) is 6.79. The lowest BCUT2D eigenvalue weighted by Gasteiger charge is -2.23. The lowest BCUT2D eigenvalue weighted by atomic mass is 10.0. The molecular formula is C16H18ClNO2. The molecule has 0 aliphatic carbocycles. The molecular weight excluding hydrogens is 274 g/mol. The Labute approximate surface area is 124 Å². The van der Waals surface area contributed by atoms with Gasteiger partial charge in [-0.3, -0.25) is 0 Å². The Morgan fingerprint density at radius 3 is 2.30 bits per heavy atom. The van der Waals surface area contributed by atoms with Crippen molar-refractivity contribution < 1.29 is 9.47 Å². The Bertz CT molecular complexity index is 555. The molecule has 0 aromatic heterocycles. The fourth-order valence-corrected chi connectivity index (χ4v) is 2.14. The van der Waals surface area contributed by atoms with Crippen LogP contribution in [0.2, 0.25) is 5.02 Å². The van der Waals surface area contributed by atoms with Crippen LogP contribution in [0.15, 0.2) is 48.5 Å². The van der Waals surface area contributed by atoms with Gasteiger partial charge in [-0.2, -0.15) is 0 Å². The Balaban J connectivity index is 2.22. The monoisotopic (exact) mass is 291 g/mol. The Kier molecular flexibility index (Phi) is 4.88. The largest absolute Gasteiger partial charge is 0.497 e. The number of halogens is 1. The van der Waals surface area contributed by atoms with Crippen LogP contribution in [0.4, 0.5) is 0 Å². The number of methoxy groups -OCH3 is 1. The molecule has 0 saturated carbocycles. The number of nitrogens with two attached hydrogens (primary N) is 1. The fourth-order valence-electron chi connectivity index (χ4n) is 1.96. The lowest BCUT2D eigenvalue weighted by Crippen LogP contribution is -2.29. The molecule has 2 atom stereocenters. The average Bonchev–Trinajstić information content (AvgIpc) is 2.45. The van der Waals surface area contributed by atoms with E-state index in [0.717, 1.165) is 11.3 Å². The van der Waals surface area contributed by atoms with Gasteiger partial charge in [0.05, 0.1) is 7.11 Å². The van der Waals surface area contributed by atoms with E-state index in [1.807, 2.05) is 49.4 Å². The zero-order chi connectivity index (χ0) is 14.5. The van der Waals surface area contributed by atoms with Crippen molar-refractivity contribution in [3.05, 3.63) is 59.1 Å². The first-order chi connectivity index (χ1) is 9.60. The van der Waals surface area contributed by atoms with Crippen molar-refractivity contribution in [2.24, 2.45) is 5.73 Å². The predicted octanol–water partition coefficient (Wildman–Crippen LogP) is 3.82. The second-order valence-electron chi connectivity index (χ2n) is 4.63. The first kappa shape index (κ1) is 14.7. The third-order valence-electron chi connectivity index (χ3n) is 2.98. The van der Waals surface area contributed by atoms with Crippen LogP contribution < -0.4 is 15.2 Å². The van der Waals surface area contributed by atoms with Crippen molar-refractivity contribution in [2.75, 3.05) is 7.11 Å². The van der Waals surface area contributed by atoms with Gasteiger partial charge in [0.15, 0.2) is 0 Å². The summed E-state index contributed by atoms with van der Waals surface area (Å²) in [5, 5.41) is 0.639. The van der Waals surface area contributed by atoms with E-state index in [1.165, 1.54) is 0 Å². The molecule has 2 aromatic carbocycles. The normalized spacial score (nSPS) is 13.6. The molecule has 4 heteroatoms. The van der Waals surface area contributed by atoms with Crippen LogP contribution in [0.25, 0.3) is 0 Å². The second-order valence-corrected chi connectivity index (χ2v) is 5.06. The van der Waals surface area contributed by atoms with Crippen molar-refractivity contribution in [2.45, 2.75) is 19.1 Å². The van der Waals surface area contributed by atoms with Crippen molar-refractivity contribution >= 4 is 11.6 Å². The summed E-state index contributed by atoms with van der Waals surface area (Å²) >= 11 is 5.97. The average molecular weight is 292 g/mol. The van der Waals surface area contributed by atoms with E-state index >= 15 is 0 Å². The van der Waals surface area contributed by atoms with Gasteiger partial charge >= 0.3 is 0 Å². The number of rotatable bonds is 5. The summed E-state index contributed by atoms with van der Waals surface area (Å²) in [4.78, 5) is 0. The summed E-state index contributed by atoms with van der Waals surface area (Å²) < 4.78 is 11.1. The first-order valence-electron chi connectivity index (χ1n) is 6.42. The Morgan fingerprint density at radius 2 is 1.75 bits per heavy atom. The van der Waals surface area contributed by atoms with E-state index in [4.69, 9.17) is 26.8 Å². The second kappa shape index (κ2) is 6.64. The van der Waals surface area contributed by atoms with Crippen LogP contribution in [0.1, 0.15) is 18.6 Å². The Morgan fingerprint density at radius 1 is 1.05 bits per heavy atom. The molecule has 0 spiro atoms. The molecule has 0 fully saturated rings. The van der Waals surface area contributed by atoms with Crippen LogP contribution in [0.5, 0.6) is 11.5 Å². The van der Waals surface area contributed by atoms with Gasteiger partial charge in [0.25, 0.3) is 0 Å². The third-order valence-corrected chi connectivity index (χ3v) is 3.22. The SMILES string of the molecule is COc1ccc(C(Oc2cccc(Cl)c2)C(C)N)cc1. The van der Waals surface area contributed by atoms with Gasteiger partial charge in [0.1, 0.15) is 17.6 Å². The van der Waals surface area contributed by atoms with Crippen molar-refractivity contribution in [1.29, 1.82) is 0 Å². The summed E-state index contributed by atoms with van der Waals surface area (Å²) in [5.74, 6) is 1.51. The van der Waals surface area contributed by atoms with Gasteiger partial charge in [-0.25, -0.2) is 0 Å². The van der Waals surface area contributed by atoms with Gasteiger partial charge in [0, 0.05) is 11.1 Å². The van der Waals surface area contributed by atoms with Crippen molar-refractivity contribution in [3.8, 4) is 11.5 Å². The topological polar surface area (TPSA) is 44.5 Å². The molecule has 2 unspecified atom stereocenters. The number of benzene rings is 2. The molecule has 0 heterocycles. The molecule has 0 bridgehead atoms. The lowest BCUT2D eigenvalue weighted by molar-refractivity contribution is 0.180. The number of hydrogen-bond acceptors (Lipinski definition) is 3. The maximum Gasteiger partial charge on any atom is 0.138 e. The molecule has 20 heavy (non-hydrogen) atoms. The smallest absolute Gasteiger partial charge is 0.138 e. The molecule has 0 amide bonds. The number of hydrogen-bond donors (Lipinski definition) is 1. The maximum atomic E-state index is 6.04. The summed E-state index contributed by atoms with van der Waals surface area (Å²) in [7, 11) is 1.64. The molecule has 0 aliphatic rings. The standard InChI is InChI=1S/C16H18ClNO2/c1-11(18)16(12-6-8-14(19-2)9-7-12)20-15-5-3-4-13(17)10-15/h3-11,16H,18H2,1-2H3. The van der Waals surface area contributed by atoms with Crippen molar-refractivity contribution in [1.82, 2.24) is 0 Å². The zero-order valence-electron chi connectivity index (χ0n) is 11.5. The minimum absolute atomic E-state index is 0.151. The minimum Gasteiger partial charge on any atom is -0.497 e. The molecule has 2 aromatic rings. The van der Waals surface area contributed by atoms with Gasteiger partial charge < -0.3 is 15.2 Å². The molecule has 2 N–H and O–H groups in total. The minimum atomic E-state index is -0.237. The highest BCUT2D eigenvalue weighted by molar-refractivity contribution is 6.30.